The summed E-state index contributed by atoms with van der Waals surface area (Å²) < 4.78 is 20.3. The summed E-state index contributed by atoms with van der Waals surface area (Å²) in [5.74, 6) is -1.03. The van der Waals surface area contributed by atoms with Gasteiger partial charge in [0.15, 0.2) is 19.0 Å². The van der Waals surface area contributed by atoms with Gasteiger partial charge >= 0.3 is 11.9 Å². The Balaban J connectivity index is 1.49. The second-order valence-corrected chi connectivity index (χ2v) is 7.33. The fourth-order valence-electron chi connectivity index (χ4n) is 2.66. The van der Waals surface area contributed by atoms with Crippen LogP contribution in [0.15, 0.2) is 48.5 Å². The molecule has 182 valence electrons. The molecule has 0 aromatic heterocycles. The third-order valence-corrected chi connectivity index (χ3v) is 4.35. The number of rotatable bonds is 15. The summed E-state index contributed by atoms with van der Waals surface area (Å²) in [5, 5.41) is 0. The molecule has 0 amide bonds. The van der Waals surface area contributed by atoms with Crippen molar-refractivity contribution in [1.29, 1.82) is 0 Å². The van der Waals surface area contributed by atoms with E-state index in [1.807, 2.05) is 0 Å². The molecule has 0 atom stereocenters. The second kappa shape index (κ2) is 14.1. The van der Waals surface area contributed by atoms with Crippen LogP contribution >= 0.6 is 0 Å². The molecule has 0 saturated carbocycles. The molecule has 0 heterocycles. The van der Waals surface area contributed by atoms with E-state index in [1.165, 1.54) is 0 Å². The van der Waals surface area contributed by atoms with Crippen LogP contribution in [0.4, 0.5) is 11.4 Å². The minimum Gasteiger partial charge on any atom is -0.486 e. The first-order chi connectivity index (χ1) is 16.3. The molecule has 0 aliphatic rings. The van der Waals surface area contributed by atoms with Crippen molar-refractivity contribution >= 4 is 34.9 Å². The minimum atomic E-state index is -0.677. The van der Waals surface area contributed by atoms with Gasteiger partial charge in [-0.15, -0.1) is 0 Å². The fraction of sp³-hybridized carbons (Fsp3) is 0.333. The predicted octanol–water partition coefficient (Wildman–Crippen LogP) is 2.09. The van der Waals surface area contributed by atoms with E-state index in [0.717, 1.165) is 0 Å². The van der Waals surface area contributed by atoms with Crippen molar-refractivity contribution in [2.24, 2.45) is 0 Å². The molecule has 0 spiro atoms. The molecule has 2 aromatic rings. The Hall–Kier alpha value is -4.08. The number of ether oxygens (including phenoxy) is 4. The molecule has 0 bridgehead atoms. The molecule has 0 radical (unpaired) electrons. The summed E-state index contributed by atoms with van der Waals surface area (Å²) in [6.07, 6.45) is 1.01. The van der Waals surface area contributed by atoms with Gasteiger partial charge < -0.3 is 30.4 Å². The first-order valence-electron chi connectivity index (χ1n) is 10.6. The van der Waals surface area contributed by atoms with Crippen molar-refractivity contribution in [2.75, 3.05) is 37.9 Å². The van der Waals surface area contributed by atoms with Crippen molar-refractivity contribution in [3.63, 3.8) is 0 Å². The molecule has 2 aromatic carbocycles. The molecule has 34 heavy (non-hydrogen) atoms. The monoisotopic (exact) mass is 472 g/mol. The summed E-state index contributed by atoms with van der Waals surface area (Å²) in [6.45, 7) is -1.35. The van der Waals surface area contributed by atoms with E-state index in [4.69, 9.17) is 30.4 Å². The van der Waals surface area contributed by atoms with E-state index in [1.54, 1.807) is 48.5 Å². The molecule has 10 nitrogen and oxygen atoms in total. The Morgan fingerprint density at radius 3 is 1.76 bits per heavy atom. The molecule has 0 aliphatic heterocycles. The zero-order valence-corrected chi connectivity index (χ0v) is 18.7. The van der Waals surface area contributed by atoms with E-state index >= 15 is 0 Å². The molecular formula is C24H28N2O8. The number of nitrogen functional groups attached to an aromatic ring is 2. The van der Waals surface area contributed by atoms with Crippen LogP contribution in [0.25, 0.3) is 0 Å². The number of esters is 2. The molecule has 10 heteroatoms. The normalized spacial score (nSPS) is 10.2. The summed E-state index contributed by atoms with van der Waals surface area (Å²) >= 11 is 0. The van der Waals surface area contributed by atoms with Gasteiger partial charge in [0, 0.05) is 36.3 Å². The Morgan fingerprint density at radius 1 is 0.618 bits per heavy atom. The number of hydrogen-bond donors (Lipinski definition) is 2. The van der Waals surface area contributed by atoms with Crippen LogP contribution in [-0.4, -0.2) is 49.9 Å². The highest BCUT2D eigenvalue weighted by atomic mass is 16.6. The lowest BCUT2D eigenvalue weighted by molar-refractivity contribution is -0.150. The zero-order chi connectivity index (χ0) is 24.8. The highest BCUT2D eigenvalue weighted by Crippen LogP contribution is 2.15. The largest absolute Gasteiger partial charge is 0.486 e. The number of unbranched alkanes of at least 4 members (excludes halogenated alkanes) is 1. The van der Waals surface area contributed by atoms with Crippen molar-refractivity contribution in [1.82, 2.24) is 0 Å². The van der Waals surface area contributed by atoms with Crippen molar-refractivity contribution < 1.29 is 38.1 Å². The van der Waals surface area contributed by atoms with Gasteiger partial charge in [0.1, 0.15) is 24.7 Å². The maximum absolute atomic E-state index is 11.8. The number of carbonyl (C=O) groups is 4. The van der Waals surface area contributed by atoms with E-state index in [-0.39, 0.29) is 38.4 Å². The number of Topliss-reactive ketones (excluding diaryl/α,β-unsaturated/α-hetero) is 2. The van der Waals surface area contributed by atoms with Gasteiger partial charge in [-0.1, -0.05) is 12.1 Å². The lowest BCUT2D eigenvalue weighted by atomic mass is 10.1. The number of anilines is 2. The van der Waals surface area contributed by atoms with E-state index in [2.05, 4.69) is 0 Å². The van der Waals surface area contributed by atoms with Crippen molar-refractivity contribution in [3.8, 4) is 11.5 Å². The van der Waals surface area contributed by atoms with Crippen LogP contribution < -0.4 is 20.9 Å². The third kappa shape index (κ3) is 11.0. The van der Waals surface area contributed by atoms with Gasteiger partial charge in [0.05, 0.1) is 0 Å². The van der Waals surface area contributed by atoms with Gasteiger partial charge in [-0.2, -0.15) is 0 Å². The average molecular weight is 472 g/mol. The Kier molecular flexibility index (Phi) is 10.9. The minimum absolute atomic E-state index is 0.0600. The van der Waals surface area contributed by atoms with Crippen molar-refractivity contribution in [2.45, 2.75) is 25.7 Å². The topological polar surface area (TPSA) is 157 Å². The Labute approximate surface area is 197 Å². The Bertz CT molecular complexity index is 913. The Morgan fingerprint density at radius 2 is 1.15 bits per heavy atom. The van der Waals surface area contributed by atoms with Crippen LogP contribution in [0.3, 0.4) is 0 Å². The van der Waals surface area contributed by atoms with Crippen LogP contribution in [0, 0.1) is 0 Å². The zero-order valence-electron chi connectivity index (χ0n) is 18.7. The first kappa shape index (κ1) is 26.2. The van der Waals surface area contributed by atoms with Crippen LogP contribution in [0.5, 0.6) is 11.5 Å². The van der Waals surface area contributed by atoms with Gasteiger partial charge in [-0.3, -0.25) is 14.4 Å². The average Bonchev–Trinajstić information content (AvgIpc) is 2.81. The summed E-state index contributed by atoms with van der Waals surface area (Å²) in [5.41, 5.74) is 12.2. The maximum atomic E-state index is 11.8. The molecule has 0 aliphatic carbocycles. The van der Waals surface area contributed by atoms with Gasteiger partial charge in [-0.05, 0) is 37.1 Å². The molecular weight excluding hydrogens is 444 g/mol. The maximum Gasteiger partial charge on any atom is 0.344 e. The number of nitrogens with two attached hydrogens (primary N) is 2. The van der Waals surface area contributed by atoms with Crippen LogP contribution in [0.1, 0.15) is 25.7 Å². The SMILES string of the molecule is Nc1cccc(OCC(=O)COC(=O)CCCCC(=O)COC(=O)COc2cccc(N)c2)c1. The van der Waals surface area contributed by atoms with Crippen molar-refractivity contribution in [3.05, 3.63) is 48.5 Å². The smallest absolute Gasteiger partial charge is 0.344 e. The first-order valence-corrected chi connectivity index (χ1v) is 10.6. The summed E-state index contributed by atoms with van der Waals surface area (Å²) in [7, 11) is 0. The molecule has 0 saturated heterocycles. The summed E-state index contributed by atoms with van der Waals surface area (Å²) in [4.78, 5) is 47.0. The van der Waals surface area contributed by atoms with Crippen LogP contribution in [0.2, 0.25) is 0 Å². The van der Waals surface area contributed by atoms with E-state index in [9.17, 15) is 19.2 Å². The lowest BCUT2D eigenvalue weighted by Gasteiger charge is -2.08. The molecule has 4 N–H and O–H groups in total. The number of hydrogen-bond acceptors (Lipinski definition) is 10. The molecule has 0 unspecified atom stereocenters. The lowest BCUT2D eigenvalue weighted by Crippen LogP contribution is -2.20. The summed E-state index contributed by atoms with van der Waals surface area (Å²) in [6, 6.07) is 13.2. The van der Waals surface area contributed by atoms with E-state index < -0.39 is 24.3 Å². The quantitative estimate of drug-likeness (QED) is 0.223. The second-order valence-electron chi connectivity index (χ2n) is 7.33. The third-order valence-electron chi connectivity index (χ3n) is 4.35. The van der Waals surface area contributed by atoms with E-state index in [0.29, 0.717) is 35.7 Å². The molecule has 0 fully saturated rings. The van der Waals surface area contributed by atoms with Crippen LogP contribution in [-0.2, 0) is 28.7 Å². The fourth-order valence-corrected chi connectivity index (χ4v) is 2.66. The number of ketones is 2. The molecule has 2 rings (SSSR count). The standard InChI is InChI=1S/C24H28N2O8/c25-17-5-3-8-21(11-17)31-14-20(28)15-33-23(29)10-2-1-7-19(27)13-34-24(30)16-32-22-9-4-6-18(26)12-22/h3-6,8-9,11-12H,1-2,7,10,13-16,25-26H2. The highest BCUT2D eigenvalue weighted by Gasteiger charge is 2.11. The van der Waals surface area contributed by atoms with Gasteiger partial charge in [0.25, 0.3) is 0 Å². The highest BCUT2D eigenvalue weighted by molar-refractivity contribution is 5.84. The number of benzene rings is 2. The predicted molar refractivity (Wildman–Crippen MR) is 123 cm³/mol. The number of carbonyl (C=O) groups excluding carboxylic acids is 4. The van der Waals surface area contributed by atoms with Gasteiger partial charge in [0.2, 0.25) is 5.78 Å². The van der Waals surface area contributed by atoms with Gasteiger partial charge in [-0.25, -0.2) is 4.79 Å².